The third-order valence-electron chi connectivity index (χ3n) is 5.18. The second kappa shape index (κ2) is 8.23. The van der Waals surface area contributed by atoms with Gasteiger partial charge in [-0.15, -0.1) is 0 Å². The molecule has 1 saturated carbocycles. The summed E-state index contributed by atoms with van der Waals surface area (Å²) >= 11 is 0. The van der Waals surface area contributed by atoms with Gasteiger partial charge in [0.1, 0.15) is 0 Å². The summed E-state index contributed by atoms with van der Waals surface area (Å²) < 4.78 is 0. The number of hydrogen-bond acceptors (Lipinski definition) is 3. The molecule has 2 rings (SSSR count). The van der Waals surface area contributed by atoms with E-state index in [9.17, 15) is 0 Å². The van der Waals surface area contributed by atoms with E-state index in [-0.39, 0.29) is 0 Å². The molecule has 2 aliphatic rings. The molecule has 0 aromatic heterocycles. The van der Waals surface area contributed by atoms with Crippen molar-refractivity contribution in [3.63, 3.8) is 0 Å². The molecule has 1 saturated heterocycles. The maximum Gasteiger partial charge on any atom is 0.0108 e. The van der Waals surface area contributed by atoms with Gasteiger partial charge in [0.15, 0.2) is 0 Å². The highest BCUT2D eigenvalue weighted by Gasteiger charge is 2.23. The van der Waals surface area contributed by atoms with Crippen molar-refractivity contribution in [1.82, 2.24) is 9.80 Å². The summed E-state index contributed by atoms with van der Waals surface area (Å²) in [6, 6.07) is 1.64. The van der Waals surface area contributed by atoms with Crippen LogP contribution in [0.4, 0.5) is 0 Å². The van der Waals surface area contributed by atoms with Gasteiger partial charge in [-0.2, -0.15) is 0 Å². The summed E-state index contributed by atoms with van der Waals surface area (Å²) in [5.41, 5.74) is 5.82. The van der Waals surface area contributed by atoms with E-state index in [0.29, 0.717) is 0 Å². The van der Waals surface area contributed by atoms with Gasteiger partial charge < -0.3 is 10.6 Å². The molecule has 1 aliphatic carbocycles. The van der Waals surface area contributed by atoms with E-state index in [0.717, 1.165) is 25.2 Å². The van der Waals surface area contributed by atoms with Gasteiger partial charge >= 0.3 is 0 Å². The van der Waals surface area contributed by atoms with Crippen LogP contribution < -0.4 is 5.73 Å². The summed E-state index contributed by atoms with van der Waals surface area (Å²) in [7, 11) is 2.30. The van der Waals surface area contributed by atoms with Crippen LogP contribution in [-0.2, 0) is 0 Å². The number of piperidine rings is 1. The Labute approximate surface area is 119 Å². The molecule has 3 nitrogen and oxygen atoms in total. The van der Waals surface area contributed by atoms with Gasteiger partial charge in [0, 0.05) is 25.2 Å². The maximum atomic E-state index is 5.82. The van der Waals surface area contributed by atoms with E-state index in [2.05, 4.69) is 16.8 Å². The number of nitrogens with two attached hydrogens (primary N) is 1. The largest absolute Gasteiger partial charge is 0.329 e. The Kier molecular flexibility index (Phi) is 6.62. The minimum Gasteiger partial charge on any atom is -0.329 e. The Balaban J connectivity index is 1.78. The molecule has 0 spiro atoms. The summed E-state index contributed by atoms with van der Waals surface area (Å²) in [5.74, 6) is 0. The van der Waals surface area contributed by atoms with Crippen LogP contribution in [0.1, 0.15) is 57.8 Å². The van der Waals surface area contributed by atoms with E-state index in [1.54, 1.807) is 0 Å². The zero-order chi connectivity index (χ0) is 13.5. The predicted octanol–water partition coefficient (Wildman–Crippen LogP) is 2.45. The Morgan fingerprint density at radius 3 is 2.42 bits per heavy atom. The molecule has 3 heteroatoms. The Hall–Kier alpha value is -0.120. The zero-order valence-corrected chi connectivity index (χ0v) is 12.8. The quantitative estimate of drug-likeness (QED) is 0.802. The number of rotatable bonds is 6. The van der Waals surface area contributed by atoms with Crippen LogP contribution in [0.15, 0.2) is 0 Å². The molecule has 0 radical (unpaired) electrons. The second-order valence-corrected chi connectivity index (χ2v) is 6.54. The highest BCUT2D eigenvalue weighted by molar-refractivity contribution is 4.80. The summed E-state index contributed by atoms with van der Waals surface area (Å²) in [6.45, 7) is 4.47. The van der Waals surface area contributed by atoms with Gasteiger partial charge in [0.25, 0.3) is 0 Å². The first kappa shape index (κ1) is 15.3. The maximum absolute atomic E-state index is 5.82. The van der Waals surface area contributed by atoms with Crippen LogP contribution in [0.25, 0.3) is 0 Å². The van der Waals surface area contributed by atoms with E-state index >= 15 is 0 Å². The van der Waals surface area contributed by atoms with Gasteiger partial charge in [-0.1, -0.05) is 25.7 Å². The molecule has 0 aromatic carbocycles. The fourth-order valence-electron chi connectivity index (χ4n) is 3.91. The lowest BCUT2D eigenvalue weighted by atomic mass is 9.93. The van der Waals surface area contributed by atoms with Gasteiger partial charge in [-0.3, -0.25) is 4.90 Å². The number of likely N-dealkylation sites (tertiary alicyclic amines) is 1. The average molecular weight is 267 g/mol. The van der Waals surface area contributed by atoms with Crippen molar-refractivity contribution in [1.29, 1.82) is 0 Å². The molecular formula is C16H33N3. The summed E-state index contributed by atoms with van der Waals surface area (Å²) in [6.07, 6.45) is 12.7. The minimum atomic E-state index is 0.816. The second-order valence-electron chi connectivity index (χ2n) is 6.54. The molecule has 2 fully saturated rings. The lowest BCUT2D eigenvalue weighted by Crippen LogP contribution is -2.44. The van der Waals surface area contributed by atoms with Crippen LogP contribution in [0.5, 0.6) is 0 Å². The molecule has 2 N–H and O–H groups in total. The Morgan fingerprint density at radius 2 is 1.74 bits per heavy atom. The van der Waals surface area contributed by atoms with E-state index in [4.69, 9.17) is 5.73 Å². The molecule has 0 aromatic rings. The highest BCUT2D eigenvalue weighted by atomic mass is 15.2. The van der Waals surface area contributed by atoms with Gasteiger partial charge in [0.05, 0.1) is 0 Å². The first-order valence-corrected chi connectivity index (χ1v) is 8.45. The van der Waals surface area contributed by atoms with Crippen molar-refractivity contribution in [2.75, 3.05) is 33.2 Å². The lowest BCUT2D eigenvalue weighted by molar-refractivity contribution is 0.120. The van der Waals surface area contributed by atoms with Crippen molar-refractivity contribution in [3.8, 4) is 0 Å². The van der Waals surface area contributed by atoms with Crippen LogP contribution in [0.2, 0.25) is 0 Å². The third kappa shape index (κ3) is 4.73. The molecule has 0 amide bonds. The molecule has 1 unspecified atom stereocenters. The fraction of sp³-hybridized carbons (Fsp3) is 1.00. The lowest BCUT2D eigenvalue weighted by Gasteiger charge is -2.37. The van der Waals surface area contributed by atoms with E-state index in [1.165, 1.54) is 70.9 Å². The van der Waals surface area contributed by atoms with Crippen LogP contribution >= 0.6 is 0 Å². The van der Waals surface area contributed by atoms with Crippen molar-refractivity contribution in [3.05, 3.63) is 0 Å². The molecule has 1 aliphatic heterocycles. The van der Waals surface area contributed by atoms with E-state index < -0.39 is 0 Å². The average Bonchev–Trinajstić information content (AvgIpc) is 2.46. The topological polar surface area (TPSA) is 32.5 Å². The molecule has 19 heavy (non-hydrogen) atoms. The van der Waals surface area contributed by atoms with Crippen LogP contribution in [0.3, 0.4) is 0 Å². The predicted molar refractivity (Wildman–Crippen MR) is 82.4 cm³/mol. The SMILES string of the molecule is CN1CCCCC1CCN(CCN)C1CCCCC1. The minimum absolute atomic E-state index is 0.816. The normalized spacial score (nSPS) is 27.0. The summed E-state index contributed by atoms with van der Waals surface area (Å²) in [5, 5.41) is 0. The first-order valence-electron chi connectivity index (χ1n) is 8.45. The molecule has 1 atom stereocenters. The molecule has 0 bridgehead atoms. The standard InChI is InChI=1S/C16H33N3/c1-18-12-6-5-7-15(18)10-13-19(14-11-17)16-8-3-2-4-9-16/h15-16H,2-14,17H2,1H3. The van der Waals surface area contributed by atoms with Gasteiger partial charge in [0.2, 0.25) is 0 Å². The fourth-order valence-corrected chi connectivity index (χ4v) is 3.91. The van der Waals surface area contributed by atoms with Gasteiger partial charge in [-0.25, -0.2) is 0 Å². The van der Waals surface area contributed by atoms with Crippen molar-refractivity contribution < 1.29 is 0 Å². The molecule has 1 heterocycles. The Bertz CT molecular complexity index is 238. The smallest absolute Gasteiger partial charge is 0.0108 e. The van der Waals surface area contributed by atoms with Crippen molar-refractivity contribution in [2.24, 2.45) is 5.73 Å². The van der Waals surface area contributed by atoms with Gasteiger partial charge in [-0.05, 0) is 52.2 Å². The number of hydrogen-bond donors (Lipinski definition) is 1. The highest BCUT2D eigenvalue weighted by Crippen LogP contribution is 2.24. The van der Waals surface area contributed by atoms with Crippen molar-refractivity contribution >= 4 is 0 Å². The summed E-state index contributed by atoms with van der Waals surface area (Å²) in [4.78, 5) is 5.27. The monoisotopic (exact) mass is 267 g/mol. The number of nitrogens with zero attached hydrogens (tertiary/aromatic N) is 2. The van der Waals surface area contributed by atoms with E-state index in [1.807, 2.05) is 0 Å². The first-order chi connectivity index (χ1) is 9.31. The van der Waals surface area contributed by atoms with Crippen LogP contribution in [0, 0.1) is 0 Å². The third-order valence-corrected chi connectivity index (χ3v) is 5.18. The Morgan fingerprint density at radius 1 is 1.00 bits per heavy atom. The molecular weight excluding hydrogens is 234 g/mol. The zero-order valence-electron chi connectivity index (χ0n) is 12.8. The van der Waals surface area contributed by atoms with Crippen molar-refractivity contribution in [2.45, 2.75) is 69.9 Å². The molecule has 112 valence electrons. The van der Waals surface area contributed by atoms with Crippen LogP contribution in [-0.4, -0.2) is 55.1 Å².